The second-order valence-corrected chi connectivity index (χ2v) is 13.2. The number of hydrogen-bond donors (Lipinski definition) is 6. The molecule has 0 radical (unpaired) electrons. The molecule has 15 heteroatoms. The van der Waals surface area contributed by atoms with Crippen molar-refractivity contribution in [3.05, 3.63) is 124 Å². The fourth-order valence-electron chi connectivity index (χ4n) is 6.00. The first-order valence-electron chi connectivity index (χ1n) is 17.9. The molecule has 282 valence electrons. The summed E-state index contributed by atoms with van der Waals surface area (Å²) in [5, 5.41) is 47.5. The van der Waals surface area contributed by atoms with Crippen molar-refractivity contribution in [2.45, 2.75) is 34.6 Å². The summed E-state index contributed by atoms with van der Waals surface area (Å²) in [4.78, 5) is 27.8. The number of nitrogens with one attached hydrogen (secondary N) is 6. The molecule has 57 heavy (non-hydrogen) atoms. The van der Waals surface area contributed by atoms with E-state index in [-0.39, 0.29) is 11.9 Å². The standard InChI is InChI=1S/C42H39N15/c1-24-17-25(2)35(26(3)18-24)50-41-54-37(52-39(56-41)48-33-11-7-30(22-44)8-12-33)46-15-16-47-38-53-40(49-34-13-9-31(23-45)10-14-34)57-42(55-38)51-36-27(4)19-32(20-28(36)5)29(6)21-43/h7-14,17-20H,6,15-16H2,1-5H3,(H3,46,48,50,52,54,56)(H3,47,49,51,53,55,57). The minimum absolute atomic E-state index is 0.269. The van der Waals surface area contributed by atoms with Crippen molar-refractivity contribution >= 4 is 64.0 Å². The molecule has 6 aromatic rings. The highest BCUT2D eigenvalue weighted by Gasteiger charge is 2.14. The van der Waals surface area contributed by atoms with Gasteiger partial charge >= 0.3 is 0 Å². The molecule has 0 bridgehead atoms. The highest BCUT2D eigenvalue weighted by atomic mass is 15.3. The van der Waals surface area contributed by atoms with Crippen LogP contribution in [0.2, 0.25) is 0 Å². The Morgan fingerprint density at radius 2 is 0.860 bits per heavy atom. The Balaban J connectivity index is 1.23. The van der Waals surface area contributed by atoms with Crippen molar-refractivity contribution in [2.24, 2.45) is 0 Å². The Hall–Kier alpha value is -8.09. The third-order valence-corrected chi connectivity index (χ3v) is 8.67. The van der Waals surface area contributed by atoms with Crippen LogP contribution >= 0.6 is 0 Å². The fourth-order valence-corrected chi connectivity index (χ4v) is 6.00. The maximum Gasteiger partial charge on any atom is 0.233 e. The van der Waals surface area contributed by atoms with Crippen LogP contribution in [0.1, 0.15) is 44.5 Å². The van der Waals surface area contributed by atoms with Gasteiger partial charge in [-0.15, -0.1) is 0 Å². The smallest absolute Gasteiger partial charge is 0.233 e. The van der Waals surface area contributed by atoms with Gasteiger partial charge in [0.25, 0.3) is 0 Å². The van der Waals surface area contributed by atoms with Gasteiger partial charge in [0.15, 0.2) is 0 Å². The molecule has 0 saturated carbocycles. The molecule has 2 aromatic heterocycles. The van der Waals surface area contributed by atoms with Gasteiger partial charge in [0.1, 0.15) is 0 Å². The second-order valence-electron chi connectivity index (χ2n) is 13.2. The number of rotatable bonds is 14. The fraction of sp³-hybridized carbons (Fsp3) is 0.167. The molecule has 6 rings (SSSR count). The summed E-state index contributed by atoms with van der Waals surface area (Å²) in [6, 6.07) is 28.3. The van der Waals surface area contributed by atoms with Crippen LogP contribution in [0.5, 0.6) is 0 Å². The number of nitriles is 3. The zero-order valence-corrected chi connectivity index (χ0v) is 32.1. The van der Waals surface area contributed by atoms with Crippen molar-refractivity contribution in [1.29, 1.82) is 15.8 Å². The number of allylic oxidation sites excluding steroid dienone is 1. The summed E-state index contributed by atoms with van der Waals surface area (Å²) in [6.45, 7) is 14.6. The zero-order valence-electron chi connectivity index (χ0n) is 32.1. The van der Waals surface area contributed by atoms with E-state index in [1.54, 1.807) is 48.5 Å². The molecule has 0 fully saturated rings. The first-order chi connectivity index (χ1) is 27.5. The normalized spacial score (nSPS) is 10.4. The van der Waals surface area contributed by atoms with E-state index < -0.39 is 0 Å². The van der Waals surface area contributed by atoms with Crippen LogP contribution in [-0.4, -0.2) is 43.0 Å². The average molecular weight is 754 g/mol. The van der Waals surface area contributed by atoms with Gasteiger partial charge in [-0.3, -0.25) is 0 Å². The molecule has 0 atom stereocenters. The van der Waals surface area contributed by atoms with E-state index >= 15 is 0 Å². The van der Waals surface area contributed by atoms with Gasteiger partial charge in [0.05, 0.1) is 34.9 Å². The van der Waals surface area contributed by atoms with E-state index in [1.807, 2.05) is 39.8 Å². The summed E-state index contributed by atoms with van der Waals surface area (Å²) < 4.78 is 0. The molecule has 2 heterocycles. The third-order valence-electron chi connectivity index (χ3n) is 8.67. The Morgan fingerprint density at radius 3 is 1.23 bits per heavy atom. The average Bonchev–Trinajstić information content (AvgIpc) is 3.19. The third kappa shape index (κ3) is 9.92. The largest absolute Gasteiger partial charge is 0.352 e. The summed E-state index contributed by atoms with van der Waals surface area (Å²) in [5.74, 6) is 1.81. The quantitative estimate of drug-likeness (QED) is 0.0454. The van der Waals surface area contributed by atoms with Crippen LogP contribution in [0.3, 0.4) is 0 Å². The molecule has 0 aliphatic rings. The maximum absolute atomic E-state index is 9.36. The van der Waals surface area contributed by atoms with Gasteiger partial charge in [-0.2, -0.15) is 45.7 Å². The molecule has 0 aliphatic heterocycles. The minimum atomic E-state index is 0.269. The molecule has 4 aromatic carbocycles. The van der Waals surface area contributed by atoms with E-state index in [0.717, 1.165) is 44.8 Å². The van der Waals surface area contributed by atoms with Gasteiger partial charge in [0.2, 0.25) is 35.7 Å². The van der Waals surface area contributed by atoms with Crippen molar-refractivity contribution in [3.8, 4) is 18.2 Å². The van der Waals surface area contributed by atoms with E-state index in [1.165, 1.54) is 0 Å². The summed E-state index contributed by atoms with van der Waals surface area (Å²) >= 11 is 0. The lowest BCUT2D eigenvalue weighted by Crippen LogP contribution is -2.18. The van der Waals surface area contributed by atoms with Crippen LogP contribution in [0.15, 0.2) is 79.4 Å². The van der Waals surface area contributed by atoms with E-state index in [0.29, 0.717) is 65.0 Å². The summed E-state index contributed by atoms with van der Waals surface area (Å²) in [6.07, 6.45) is 0. The zero-order chi connectivity index (χ0) is 40.5. The summed E-state index contributed by atoms with van der Waals surface area (Å²) in [7, 11) is 0. The number of aromatic nitrogens is 6. The number of hydrogen-bond acceptors (Lipinski definition) is 15. The first-order valence-corrected chi connectivity index (χ1v) is 17.9. The van der Waals surface area contributed by atoms with Crippen LogP contribution in [0, 0.1) is 68.6 Å². The number of benzene rings is 4. The van der Waals surface area contributed by atoms with E-state index in [2.05, 4.69) is 106 Å². The number of aryl methyl sites for hydroxylation is 5. The van der Waals surface area contributed by atoms with Gasteiger partial charge in [-0.25, -0.2) is 0 Å². The Kier molecular flexibility index (Phi) is 11.8. The number of nitrogens with zero attached hydrogens (tertiary/aromatic N) is 9. The Morgan fingerprint density at radius 1 is 0.509 bits per heavy atom. The first kappa shape index (κ1) is 38.6. The Bertz CT molecular complexity index is 2530. The lowest BCUT2D eigenvalue weighted by molar-refractivity contribution is 0.971. The van der Waals surface area contributed by atoms with Gasteiger partial charge < -0.3 is 31.9 Å². The SMILES string of the molecule is C=C(C#N)c1cc(C)c(Nc2nc(NCCNc3nc(Nc4ccc(C#N)cc4)nc(Nc4c(C)cc(C)cc4C)n3)nc(Nc3ccc(C#N)cc3)n2)c(C)c1. The molecule has 0 amide bonds. The van der Waals surface area contributed by atoms with E-state index in [9.17, 15) is 15.8 Å². The molecule has 0 aliphatic carbocycles. The van der Waals surface area contributed by atoms with Gasteiger partial charge in [0, 0.05) is 35.8 Å². The van der Waals surface area contributed by atoms with Crippen molar-refractivity contribution < 1.29 is 0 Å². The molecule has 0 unspecified atom stereocenters. The van der Waals surface area contributed by atoms with Crippen molar-refractivity contribution in [1.82, 2.24) is 29.9 Å². The highest BCUT2D eigenvalue weighted by Crippen LogP contribution is 2.29. The van der Waals surface area contributed by atoms with Crippen molar-refractivity contribution in [2.75, 3.05) is 45.0 Å². The topological polar surface area (TPSA) is 221 Å². The highest BCUT2D eigenvalue weighted by molar-refractivity contribution is 5.78. The van der Waals surface area contributed by atoms with Crippen molar-refractivity contribution in [3.63, 3.8) is 0 Å². The van der Waals surface area contributed by atoms with E-state index in [4.69, 9.17) is 0 Å². The van der Waals surface area contributed by atoms with Crippen LogP contribution < -0.4 is 31.9 Å². The second kappa shape index (κ2) is 17.4. The molecule has 6 N–H and O–H groups in total. The minimum Gasteiger partial charge on any atom is -0.352 e. The molecule has 0 saturated heterocycles. The lowest BCUT2D eigenvalue weighted by Gasteiger charge is -2.16. The predicted octanol–water partition coefficient (Wildman–Crippen LogP) is 8.38. The maximum atomic E-state index is 9.36. The van der Waals surface area contributed by atoms with Crippen LogP contribution in [-0.2, 0) is 0 Å². The molecule has 15 nitrogen and oxygen atoms in total. The monoisotopic (exact) mass is 753 g/mol. The van der Waals surface area contributed by atoms with Crippen LogP contribution in [0.25, 0.3) is 5.57 Å². The summed E-state index contributed by atoms with van der Waals surface area (Å²) in [5.41, 5.74) is 10.3. The van der Waals surface area contributed by atoms with Gasteiger partial charge in [-0.05, 0) is 123 Å². The predicted molar refractivity (Wildman–Crippen MR) is 223 cm³/mol. The Labute approximate surface area is 330 Å². The van der Waals surface area contributed by atoms with Crippen LogP contribution in [0.4, 0.5) is 58.4 Å². The lowest BCUT2D eigenvalue weighted by atomic mass is 10.0. The van der Waals surface area contributed by atoms with Gasteiger partial charge in [-0.1, -0.05) is 24.3 Å². The molecular formula is C42H39N15. The molecular weight excluding hydrogens is 715 g/mol. The molecule has 0 spiro atoms. The number of anilines is 10.